The van der Waals surface area contributed by atoms with Gasteiger partial charge in [-0.15, -0.1) is 0 Å². The van der Waals surface area contributed by atoms with E-state index in [1.807, 2.05) is 0 Å². The minimum Gasteiger partial charge on any atom is -0.465 e. The second-order valence-corrected chi connectivity index (χ2v) is 6.16. The molecular weight excluding hydrogens is 268 g/mol. The molecule has 0 aliphatic carbocycles. The van der Waals surface area contributed by atoms with Crippen LogP contribution >= 0.6 is 0 Å². The van der Waals surface area contributed by atoms with E-state index in [0.29, 0.717) is 10.9 Å². The summed E-state index contributed by atoms with van der Waals surface area (Å²) in [6, 6.07) is 6.78. The zero-order valence-corrected chi connectivity index (χ0v) is 11.6. The SMILES string of the molecule is COC(=O)c1cn(S(=O)(=O)N(C)C)c2ccccc12. The summed E-state index contributed by atoms with van der Waals surface area (Å²) in [6.07, 6.45) is 1.28. The molecule has 0 saturated carbocycles. The number of carbonyl (C=O) groups excluding carboxylic acids is 1. The molecule has 1 aromatic heterocycles. The summed E-state index contributed by atoms with van der Waals surface area (Å²) in [5.41, 5.74) is 0.667. The van der Waals surface area contributed by atoms with Crippen LogP contribution in [0.15, 0.2) is 30.5 Å². The van der Waals surface area contributed by atoms with Crippen molar-refractivity contribution in [2.24, 2.45) is 0 Å². The number of hydrogen-bond donors (Lipinski definition) is 0. The Hall–Kier alpha value is -1.86. The lowest BCUT2D eigenvalue weighted by molar-refractivity contribution is 0.0603. The second kappa shape index (κ2) is 4.67. The van der Waals surface area contributed by atoms with Gasteiger partial charge in [0.15, 0.2) is 0 Å². The normalized spacial score (nSPS) is 12.0. The van der Waals surface area contributed by atoms with Crippen molar-refractivity contribution in [1.29, 1.82) is 0 Å². The summed E-state index contributed by atoms with van der Waals surface area (Å²) in [6.45, 7) is 0. The highest BCUT2D eigenvalue weighted by Gasteiger charge is 2.23. The standard InChI is InChI=1S/C12H14N2O4S/c1-13(2)19(16,17)14-8-10(12(15)18-3)9-6-4-5-7-11(9)14/h4-8H,1-3H3. The van der Waals surface area contributed by atoms with Crippen LogP contribution in [0.4, 0.5) is 0 Å². The van der Waals surface area contributed by atoms with E-state index in [1.165, 1.54) is 27.4 Å². The predicted molar refractivity (Wildman–Crippen MR) is 71.3 cm³/mol. The first-order chi connectivity index (χ1) is 8.89. The van der Waals surface area contributed by atoms with Gasteiger partial charge >= 0.3 is 16.2 Å². The van der Waals surface area contributed by atoms with Gasteiger partial charge in [-0.3, -0.25) is 0 Å². The summed E-state index contributed by atoms with van der Waals surface area (Å²) < 4.78 is 31.2. The summed E-state index contributed by atoms with van der Waals surface area (Å²) in [7, 11) is 0.442. The lowest BCUT2D eigenvalue weighted by Crippen LogP contribution is -2.28. The van der Waals surface area contributed by atoms with Crippen molar-refractivity contribution < 1.29 is 17.9 Å². The van der Waals surface area contributed by atoms with Crippen molar-refractivity contribution in [3.8, 4) is 0 Å². The summed E-state index contributed by atoms with van der Waals surface area (Å²) in [4.78, 5) is 11.7. The monoisotopic (exact) mass is 282 g/mol. The largest absolute Gasteiger partial charge is 0.465 e. The molecule has 19 heavy (non-hydrogen) atoms. The van der Waals surface area contributed by atoms with Crippen molar-refractivity contribution in [1.82, 2.24) is 8.28 Å². The predicted octanol–water partition coefficient (Wildman–Crippen LogP) is 1.08. The molecule has 0 unspecified atom stereocenters. The first kappa shape index (κ1) is 13.6. The van der Waals surface area contributed by atoms with Gasteiger partial charge in [-0.2, -0.15) is 12.7 Å². The maximum Gasteiger partial charge on any atom is 0.340 e. The van der Waals surface area contributed by atoms with Crippen molar-refractivity contribution in [3.63, 3.8) is 0 Å². The number of aromatic nitrogens is 1. The van der Waals surface area contributed by atoms with E-state index in [0.717, 1.165) is 8.28 Å². The van der Waals surface area contributed by atoms with Crippen LogP contribution in [-0.4, -0.2) is 43.9 Å². The third-order valence-corrected chi connectivity index (χ3v) is 4.52. The first-order valence-electron chi connectivity index (χ1n) is 5.51. The van der Waals surface area contributed by atoms with E-state index in [-0.39, 0.29) is 5.56 Å². The van der Waals surface area contributed by atoms with Gasteiger partial charge in [0.25, 0.3) is 0 Å². The molecule has 0 aliphatic heterocycles. The Morgan fingerprint density at radius 1 is 1.26 bits per heavy atom. The second-order valence-electron chi connectivity index (χ2n) is 4.14. The van der Waals surface area contributed by atoms with Crippen LogP contribution < -0.4 is 0 Å². The van der Waals surface area contributed by atoms with Crippen molar-refractivity contribution in [2.75, 3.05) is 21.2 Å². The van der Waals surface area contributed by atoms with Gasteiger partial charge in [-0.1, -0.05) is 18.2 Å². The van der Waals surface area contributed by atoms with Crippen LogP contribution in [0.5, 0.6) is 0 Å². The molecule has 7 heteroatoms. The minimum absolute atomic E-state index is 0.225. The highest BCUT2D eigenvalue weighted by molar-refractivity contribution is 7.87. The first-order valence-corrected chi connectivity index (χ1v) is 6.90. The lowest BCUT2D eigenvalue weighted by Gasteiger charge is -2.12. The molecule has 1 heterocycles. The number of esters is 1. The molecule has 0 aliphatic rings. The Labute approximate surface area is 111 Å². The highest BCUT2D eigenvalue weighted by atomic mass is 32.2. The smallest absolute Gasteiger partial charge is 0.340 e. The summed E-state index contributed by atoms with van der Waals surface area (Å²) in [5.74, 6) is -0.566. The summed E-state index contributed by atoms with van der Waals surface area (Å²) >= 11 is 0. The van der Waals surface area contributed by atoms with Crippen LogP contribution in [-0.2, 0) is 14.9 Å². The number of fused-ring (bicyclic) bond motifs is 1. The van der Waals surface area contributed by atoms with Crippen LogP contribution in [0.2, 0.25) is 0 Å². The molecule has 0 amide bonds. The average molecular weight is 282 g/mol. The third kappa shape index (κ3) is 2.11. The van der Waals surface area contributed by atoms with E-state index in [4.69, 9.17) is 0 Å². The van der Waals surface area contributed by atoms with Gasteiger partial charge in [0.1, 0.15) is 0 Å². The molecule has 0 radical (unpaired) electrons. The van der Waals surface area contributed by atoms with Gasteiger partial charge < -0.3 is 4.74 Å². The number of hydrogen-bond acceptors (Lipinski definition) is 4. The number of methoxy groups -OCH3 is 1. The maximum absolute atomic E-state index is 12.2. The highest BCUT2D eigenvalue weighted by Crippen LogP contribution is 2.24. The minimum atomic E-state index is -3.68. The van der Waals surface area contributed by atoms with Gasteiger partial charge in [-0.25, -0.2) is 8.77 Å². The number of carbonyl (C=O) groups is 1. The van der Waals surface area contributed by atoms with Gasteiger partial charge in [0, 0.05) is 25.7 Å². The molecule has 0 saturated heterocycles. The Morgan fingerprint density at radius 3 is 2.47 bits per heavy atom. The van der Waals surface area contributed by atoms with Crippen molar-refractivity contribution >= 4 is 27.1 Å². The number of para-hydroxylation sites is 1. The fourth-order valence-corrected chi connectivity index (χ4v) is 2.79. The quantitative estimate of drug-likeness (QED) is 0.790. The average Bonchev–Trinajstić information content (AvgIpc) is 2.77. The van der Waals surface area contributed by atoms with Gasteiger partial charge in [-0.05, 0) is 6.07 Å². The number of rotatable bonds is 3. The fourth-order valence-electron chi connectivity index (χ4n) is 1.79. The Kier molecular flexibility index (Phi) is 3.34. The van der Waals surface area contributed by atoms with E-state index < -0.39 is 16.2 Å². The zero-order chi connectivity index (χ0) is 14.2. The molecule has 1 aromatic carbocycles. The van der Waals surface area contributed by atoms with Crippen LogP contribution in [0, 0.1) is 0 Å². The maximum atomic E-state index is 12.2. The molecule has 2 aromatic rings. The molecule has 2 rings (SSSR count). The van der Waals surface area contributed by atoms with E-state index in [2.05, 4.69) is 4.74 Å². The molecule has 0 N–H and O–H groups in total. The Balaban J connectivity index is 2.81. The molecule has 0 atom stereocenters. The van der Waals surface area contributed by atoms with E-state index >= 15 is 0 Å². The topological polar surface area (TPSA) is 68.6 Å². The van der Waals surface area contributed by atoms with Crippen LogP contribution in [0.3, 0.4) is 0 Å². The van der Waals surface area contributed by atoms with Crippen molar-refractivity contribution in [3.05, 3.63) is 36.0 Å². The summed E-state index contributed by atoms with van der Waals surface area (Å²) in [5, 5.41) is 0.541. The Morgan fingerprint density at radius 2 is 1.89 bits per heavy atom. The fraction of sp³-hybridized carbons (Fsp3) is 0.250. The number of nitrogens with zero attached hydrogens (tertiary/aromatic N) is 2. The molecule has 6 nitrogen and oxygen atoms in total. The number of ether oxygens (including phenoxy) is 1. The number of benzene rings is 1. The molecule has 0 spiro atoms. The molecule has 0 bridgehead atoms. The van der Waals surface area contributed by atoms with Crippen molar-refractivity contribution in [2.45, 2.75) is 0 Å². The third-order valence-electron chi connectivity index (χ3n) is 2.79. The van der Waals surface area contributed by atoms with Crippen LogP contribution in [0.1, 0.15) is 10.4 Å². The Bertz CT molecular complexity index is 731. The van der Waals surface area contributed by atoms with E-state index in [9.17, 15) is 13.2 Å². The molecule has 0 fully saturated rings. The van der Waals surface area contributed by atoms with Gasteiger partial charge in [0.2, 0.25) is 0 Å². The van der Waals surface area contributed by atoms with E-state index in [1.54, 1.807) is 24.3 Å². The molecule has 102 valence electrons. The zero-order valence-electron chi connectivity index (χ0n) is 10.8. The lowest BCUT2D eigenvalue weighted by atomic mass is 10.2. The van der Waals surface area contributed by atoms with Gasteiger partial charge in [0.05, 0.1) is 18.2 Å². The van der Waals surface area contributed by atoms with Crippen LogP contribution in [0.25, 0.3) is 10.9 Å². The molecular formula is C12H14N2O4S.